The smallest absolute Gasteiger partial charge is 0.363 e. The van der Waals surface area contributed by atoms with Crippen molar-refractivity contribution >= 4 is 55.9 Å². The van der Waals surface area contributed by atoms with Crippen LogP contribution in [0.25, 0.3) is 10.2 Å². The van der Waals surface area contributed by atoms with E-state index in [2.05, 4.69) is 33.4 Å². The number of hydrogen-bond donors (Lipinski definition) is 0. The number of alkyl halides is 1. The summed E-state index contributed by atoms with van der Waals surface area (Å²) in [7, 11) is 0. The number of fused-ring (bicyclic) bond motifs is 5. The average molecular weight is 546 g/mol. The molecule has 1 unspecified atom stereocenters. The van der Waals surface area contributed by atoms with Gasteiger partial charge >= 0.3 is 5.16 Å². The Kier molecular flexibility index (Phi) is 5.22. The molecular formula is C14H16I2N2OS2. The van der Waals surface area contributed by atoms with Gasteiger partial charge in [0.1, 0.15) is 18.0 Å². The van der Waals surface area contributed by atoms with Crippen LogP contribution in [0.4, 0.5) is 0 Å². The molecule has 2 aliphatic rings. The molecule has 2 aromatic heterocycles. The Bertz CT molecular complexity index is 689. The molecule has 1 aliphatic carbocycles. The van der Waals surface area contributed by atoms with Crippen molar-refractivity contribution in [2.24, 2.45) is 0 Å². The molecule has 7 heteroatoms. The second-order valence-corrected chi connectivity index (χ2v) is 8.04. The maximum atomic E-state index is 6.25. The topological polar surface area (TPSA) is 26.0 Å². The van der Waals surface area contributed by atoms with Crippen LogP contribution < -0.4 is 33.3 Å². The zero-order valence-corrected chi connectivity index (χ0v) is 17.6. The van der Waals surface area contributed by atoms with Gasteiger partial charge in [-0.15, -0.1) is 0 Å². The molecule has 114 valence electrons. The average Bonchev–Trinajstić information content (AvgIpc) is 3.06. The van der Waals surface area contributed by atoms with Gasteiger partial charge in [-0.3, -0.25) is 0 Å². The molecule has 0 spiro atoms. The number of aryl methyl sites for hydroxylation is 2. The van der Waals surface area contributed by atoms with Crippen molar-refractivity contribution in [3.63, 3.8) is 0 Å². The first kappa shape index (κ1) is 16.5. The zero-order chi connectivity index (χ0) is 13.7. The first-order valence-corrected chi connectivity index (χ1v) is 10.5. The highest BCUT2D eigenvalue weighted by Gasteiger charge is 2.36. The third-order valence-electron chi connectivity index (χ3n) is 4.06. The molecule has 1 atom stereocenters. The van der Waals surface area contributed by atoms with Gasteiger partial charge < -0.3 is 28.7 Å². The highest BCUT2D eigenvalue weighted by Crippen LogP contribution is 2.41. The van der Waals surface area contributed by atoms with Crippen LogP contribution >= 0.6 is 45.7 Å². The lowest BCUT2D eigenvalue weighted by atomic mass is 9.97. The Balaban J connectivity index is 0.00000132. The molecule has 0 bridgehead atoms. The van der Waals surface area contributed by atoms with Gasteiger partial charge in [0.25, 0.3) is 5.88 Å². The van der Waals surface area contributed by atoms with Crippen LogP contribution in [-0.2, 0) is 19.4 Å². The second-order valence-electron chi connectivity index (χ2n) is 5.30. The van der Waals surface area contributed by atoms with Crippen LogP contribution in [0, 0.1) is 0 Å². The van der Waals surface area contributed by atoms with Gasteiger partial charge in [0.2, 0.25) is 4.83 Å². The first-order chi connectivity index (χ1) is 9.81. The van der Waals surface area contributed by atoms with Gasteiger partial charge in [-0.1, -0.05) is 33.9 Å². The van der Waals surface area contributed by atoms with E-state index >= 15 is 0 Å². The molecule has 0 saturated heterocycles. The number of rotatable bonds is 2. The van der Waals surface area contributed by atoms with Gasteiger partial charge in [0.05, 0.1) is 0 Å². The molecule has 4 rings (SSSR count). The van der Waals surface area contributed by atoms with Crippen molar-refractivity contribution in [1.29, 1.82) is 0 Å². The summed E-state index contributed by atoms with van der Waals surface area (Å²) < 4.78 is 9.56. The van der Waals surface area contributed by atoms with E-state index in [0.29, 0.717) is 6.10 Å². The predicted molar refractivity (Wildman–Crippen MR) is 91.5 cm³/mol. The van der Waals surface area contributed by atoms with E-state index in [1.807, 2.05) is 11.3 Å². The molecular weight excluding hydrogens is 530 g/mol. The van der Waals surface area contributed by atoms with Crippen molar-refractivity contribution in [3.05, 3.63) is 10.4 Å². The van der Waals surface area contributed by atoms with Gasteiger partial charge in [-0.25, -0.2) is 0 Å². The Hall–Kier alpha value is 0.650. The standard InChI is InChI=1S/C14H16IN2OS2.HI/c1-19-14-16-12-11(9-4-2-3-5-10(9)20-12)13-17(14)7-8(6-15)18-13;/h8H,2-7H2,1H3;1H/q+1;/p-1. The van der Waals surface area contributed by atoms with Crippen LogP contribution in [0.15, 0.2) is 5.16 Å². The summed E-state index contributed by atoms with van der Waals surface area (Å²) in [6.45, 7) is 0.946. The van der Waals surface area contributed by atoms with E-state index < -0.39 is 0 Å². The lowest BCUT2D eigenvalue weighted by molar-refractivity contribution is -0.720. The van der Waals surface area contributed by atoms with E-state index in [-0.39, 0.29) is 24.0 Å². The molecule has 0 fully saturated rings. The van der Waals surface area contributed by atoms with Gasteiger partial charge in [0.15, 0.2) is 0 Å². The minimum atomic E-state index is 0. The SMILES string of the molecule is CSc1nc2sc3c(c2c2[n+]1CC(CI)O2)CCCC3.[I-]. The molecule has 3 nitrogen and oxygen atoms in total. The maximum Gasteiger partial charge on any atom is 0.363 e. The van der Waals surface area contributed by atoms with Crippen LogP contribution in [0.2, 0.25) is 0 Å². The molecule has 3 heterocycles. The lowest BCUT2D eigenvalue weighted by Gasteiger charge is -2.10. The third-order valence-corrected chi connectivity index (χ3v) is 6.90. The minimum Gasteiger partial charge on any atom is -1.00 e. The number of ether oxygens (including phenoxy) is 1. The predicted octanol–water partition coefficient (Wildman–Crippen LogP) is 0.384. The van der Waals surface area contributed by atoms with Gasteiger partial charge in [-0.05, 0) is 54.2 Å². The highest BCUT2D eigenvalue weighted by atomic mass is 127. The molecule has 0 aromatic carbocycles. The van der Waals surface area contributed by atoms with Crippen molar-refractivity contribution in [1.82, 2.24) is 4.98 Å². The Labute approximate surface area is 163 Å². The summed E-state index contributed by atoms with van der Waals surface area (Å²) in [5.41, 5.74) is 1.52. The summed E-state index contributed by atoms with van der Waals surface area (Å²) in [4.78, 5) is 7.63. The van der Waals surface area contributed by atoms with Gasteiger partial charge in [0, 0.05) is 9.30 Å². The summed E-state index contributed by atoms with van der Waals surface area (Å²) in [6.07, 6.45) is 7.45. The molecule has 0 amide bonds. The van der Waals surface area contributed by atoms with Crippen molar-refractivity contribution in [2.75, 3.05) is 10.7 Å². The zero-order valence-electron chi connectivity index (χ0n) is 11.7. The number of hydrogen-bond acceptors (Lipinski definition) is 4. The number of thioether (sulfide) groups is 1. The molecule has 0 radical (unpaired) electrons. The summed E-state index contributed by atoms with van der Waals surface area (Å²) in [6, 6.07) is 0. The fourth-order valence-electron chi connectivity index (χ4n) is 3.14. The first-order valence-electron chi connectivity index (χ1n) is 6.96. The van der Waals surface area contributed by atoms with E-state index in [1.54, 1.807) is 16.6 Å². The second kappa shape index (κ2) is 6.64. The fraction of sp³-hybridized carbons (Fsp3) is 0.571. The maximum absolute atomic E-state index is 6.25. The van der Waals surface area contributed by atoms with E-state index in [9.17, 15) is 0 Å². The van der Waals surface area contributed by atoms with Crippen molar-refractivity contribution in [3.8, 4) is 5.88 Å². The van der Waals surface area contributed by atoms with E-state index in [4.69, 9.17) is 9.72 Å². The number of halogens is 2. The highest BCUT2D eigenvalue weighted by molar-refractivity contribution is 14.1. The Morgan fingerprint density at radius 1 is 1.43 bits per heavy atom. The van der Waals surface area contributed by atoms with E-state index in [0.717, 1.165) is 22.0 Å². The van der Waals surface area contributed by atoms with E-state index in [1.165, 1.54) is 41.5 Å². The fourth-order valence-corrected chi connectivity index (χ4v) is 5.47. The van der Waals surface area contributed by atoms with Crippen LogP contribution in [0.3, 0.4) is 0 Å². The lowest BCUT2D eigenvalue weighted by Crippen LogP contribution is -3.00. The van der Waals surface area contributed by atoms with Crippen LogP contribution in [-0.4, -0.2) is 21.8 Å². The number of nitrogens with zero attached hydrogens (tertiary/aromatic N) is 2. The molecule has 1 aliphatic heterocycles. The Morgan fingerprint density at radius 3 is 3.00 bits per heavy atom. The number of thiophene rings is 1. The molecule has 21 heavy (non-hydrogen) atoms. The quantitative estimate of drug-likeness (QED) is 0.179. The minimum absolute atomic E-state index is 0. The molecule has 0 N–H and O–H groups in total. The molecule has 2 aromatic rings. The Morgan fingerprint density at radius 2 is 2.24 bits per heavy atom. The van der Waals surface area contributed by atoms with Crippen LogP contribution in [0.1, 0.15) is 23.3 Å². The van der Waals surface area contributed by atoms with Gasteiger partial charge in [-0.2, -0.15) is 4.57 Å². The summed E-state index contributed by atoms with van der Waals surface area (Å²) in [5, 5.41) is 2.41. The normalized spacial score (nSPS) is 19.8. The van der Waals surface area contributed by atoms with Crippen LogP contribution in [0.5, 0.6) is 5.88 Å². The third kappa shape index (κ3) is 2.69. The van der Waals surface area contributed by atoms with Crippen molar-refractivity contribution in [2.45, 2.75) is 43.5 Å². The monoisotopic (exact) mass is 546 g/mol. The number of aromatic nitrogens is 2. The molecule has 0 saturated carbocycles. The summed E-state index contributed by atoms with van der Waals surface area (Å²) >= 11 is 6.02. The summed E-state index contributed by atoms with van der Waals surface area (Å²) in [5.74, 6) is 1.08. The largest absolute Gasteiger partial charge is 1.00 e. The van der Waals surface area contributed by atoms with Crippen molar-refractivity contribution < 1.29 is 33.3 Å².